The van der Waals surface area contributed by atoms with Crippen molar-refractivity contribution in [2.24, 2.45) is 0 Å². The summed E-state index contributed by atoms with van der Waals surface area (Å²) in [6.07, 6.45) is 0. The van der Waals surface area contributed by atoms with Crippen molar-refractivity contribution in [1.82, 2.24) is 5.32 Å². The monoisotopic (exact) mass is 388 g/mol. The van der Waals surface area contributed by atoms with E-state index < -0.39 is 0 Å². The number of nitrogens with one attached hydrogen (secondary N) is 1. The van der Waals surface area contributed by atoms with Gasteiger partial charge in [0.05, 0.1) is 15.6 Å². The Kier molecular flexibility index (Phi) is 4.48. The van der Waals surface area contributed by atoms with E-state index in [1.807, 2.05) is 35.1 Å². The number of hydrogen-bond acceptors (Lipinski definition) is 5. The second-order valence-electron chi connectivity index (χ2n) is 4.38. The molecule has 0 bridgehead atoms. The summed E-state index contributed by atoms with van der Waals surface area (Å²) in [5.74, 6) is -0.286. The minimum atomic E-state index is -0.286. The third kappa shape index (κ3) is 2.88. The molecule has 1 aliphatic heterocycles. The molecule has 108 valence electrons. The first kappa shape index (κ1) is 15.1. The van der Waals surface area contributed by atoms with Crippen LogP contribution in [-0.2, 0) is 0 Å². The quantitative estimate of drug-likeness (QED) is 0.467. The molecule has 1 aromatic carbocycles. The van der Waals surface area contributed by atoms with Gasteiger partial charge >= 0.3 is 0 Å². The highest BCUT2D eigenvalue weighted by atomic mass is 79.9. The topological polar surface area (TPSA) is 52.9 Å². The lowest BCUT2D eigenvalue weighted by atomic mass is 10.1. The molecule has 3 nitrogen and oxygen atoms in total. The van der Waals surface area contributed by atoms with Gasteiger partial charge in [-0.1, -0.05) is 45.9 Å². The summed E-state index contributed by atoms with van der Waals surface area (Å²) in [6, 6.07) is 13.1. The Morgan fingerprint density at radius 2 is 2.05 bits per heavy atom. The van der Waals surface area contributed by atoms with Crippen molar-refractivity contribution in [3.63, 3.8) is 0 Å². The Morgan fingerprint density at radius 1 is 1.23 bits per heavy atom. The van der Waals surface area contributed by atoms with Gasteiger partial charge < -0.3 is 5.32 Å². The van der Waals surface area contributed by atoms with Gasteiger partial charge in [-0.25, -0.2) is 0 Å². The first-order chi connectivity index (χ1) is 10.7. The lowest BCUT2D eigenvalue weighted by Crippen LogP contribution is -2.12. The molecule has 22 heavy (non-hydrogen) atoms. The number of benzene rings is 1. The maximum atomic E-state index is 12.6. The number of hydrogen-bond donors (Lipinski definition) is 1. The number of ketones is 1. The smallest absolute Gasteiger partial charge is 0.207 e. The van der Waals surface area contributed by atoms with E-state index >= 15 is 0 Å². The molecule has 0 saturated heterocycles. The Balaban J connectivity index is 1.91. The minimum Gasteiger partial charge on any atom is -0.347 e. The van der Waals surface area contributed by atoms with Crippen molar-refractivity contribution >= 4 is 50.5 Å². The van der Waals surface area contributed by atoms with Crippen LogP contribution >= 0.6 is 39.0 Å². The summed E-state index contributed by atoms with van der Waals surface area (Å²) in [5, 5.41) is 17.1. The fourth-order valence-electron chi connectivity index (χ4n) is 1.96. The van der Waals surface area contributed by atoms with Crippen molar-refractivity contribution < 1.29 is 4.79 Å². The third-order valence-electron chi connectivity index (χ3n) is 3.01. The number of rotatable bonds is 3. The predicted molar refractivity (Wildman–Crippen MR) is 94.1 cm³/mol. The minimum absolute atomic E-state index is 0.125. The molecule has 0 aliphatic carbocycles. The number of nitriles is 1. The average Bonchev–Trinajstić information content (AvgIpc) is 3.19. The number of halogens is 1. The Hall–Kier alpha value is -1.81. The molecule has 2 heterocycles. The van der Waals surface area contributed by atoms with E-state index in [0.29, 0.717) is 15.1 Å². The van der Waals surface area contributed by atoms with Crippen LogP contribution in [0.3, 0.4) is 0 Å². The van der Waals surface area contributed by atoms with E-state index in [4.69, 9.17) is 0 Å². The number of Topliss-reactive ketones (excluding diaryl/α,β-unsaturated/α-hetero) is 1. The fraction of sp³-hybridized carbons (Fsp3) is 0. The van der Waals surface area contributed by atoms with E-state index in [1.54, 1.807) is 29.5 Å². The molecule has 0 radical (unpaired) electrons. The molecule has 0 atom stereocenters. The molecule has 3 rings (SSSR count). The lowest BCUT2D eigenvalue weighted by molar-refractivity contribution is 0.103. The van der Waals surface area contributed by atoms with E-state index in [0.717, 1.165) is 10.6 Å². The highest BCUT2D eigenvalue weighted by molar-refractivity contribution is 9.10. The Morgan fingerprint density at radius 3 is 2.73 bits per heavy atom. The van der Waals surface area contributed by atoms with Crippen LogP contribution in [-0.4, -0.2) is 5.78 Å². The second kappa shape index (κ2) is 6.53. The zero-order valence-corrected chi connectivity index (χ0v) is 14.4. The summed E-state index contributed by atoms with van der Waals surface area (Å²) < 4.78 is 0.683. The van der Waals surface area contributed by atoms with Gasteiger partial charge in [0.25, 0.3) is 0 Å². The summed E-state index contributed by atoms with van der Waals surface area (Å²) in [6.45, 7) is 0. The number of allylic oxidation sites excluding steroid dienone is 1. The van der Waals surface area contributed by atoms with Crippen LogP contribution < -0.4 is 5.32 Å². The summed E-state index contributed by atoms with van der Waals surface area (Å²) in [5.41, 5.74) is 1.53. The molecule has 0 unspecified atom stereocenters. The summed E-state index contributed by atoms with van der Waals surface area (Å²) >= 11 is 6.33. The number of thioether (sulfide) groups is 1. The van der Waals surface area contributed by atoms with Crippen LogP contribution in [0.4, 0.5) is 0 Å². The van der Waals surface area contributed by atoms with Crippen LogP contribution in [0.15, 0.2) is 62.3 Å². The van der Waals surface area contributed by atoms with E-state index in [9.17, 15) is 10.1 Å². The number of thiophene rings is 1. The standard InChI is InChI=1S/C16H9BrN2OS2/c17-12-5-2-1-4-10(12)15(20)11(8-18)16-19-13(9-22-16)14-6-3-7-21-14/h1-7,9,19H/b16-11+. The first-order valence-corrected chi connectivity index (χ1v) is 8.87. The Bertz CT molecular complexity index is 832. The first-order valence-electron chi connectivity index (χ1n) is 6.32. The van der Waals surface area contributed by atoms with Crippen LogP contribution in [0.5, 0.6) is 0 Å². The molecular formula is C16H9BrN2OS2. The van der Waals surface area contributed by atoms with E-state index in [1.165, 1.54) is 11.8 Å². The second-order valence-corrected chi connectivity index (χ2v) is 7.06. The molecule has 1 N–H and O–H groups in total. The van der Waals surface area contributed by atoms with Gasteiger partial charge in [-0.15, -0.1) is 11.3 Å². The molecule has 0 fully saturated rings. The van der Waals surface area contributed by atoms with Crippen molar-refractivity contribution in [3.05, 3.63) is 72.7 Å². The number of nitrogens with zero attached hydrogens (tertiary/aromatic N) is 1. The van der Waals surface area contributed by atoms with Crippen molar-refractivity contribution in [1.29, 1.82) is 5.26 Å². The van der Waals surface area contributed by atoms with E-state index in [2.05, 4.69) is 21.2 Å². The van der Waals surface area contributed by atoms with Gasteiger partial charge in [-0.3, -0.25) is 4.79 Å². The average molecular weight is 389 g/mol. The van der Waals surface area contributed by atoms with Crippen molar-refractivity contribution in [2.75, 3.05) is 0 Å². The van der Waals surface area contributed by atoms with Gasteiger partial charge in [0.1, 0.15) is 11.6 Å². The van der Waals surface area contributed by atoms with Crippen LogP contribution in [0.1, 0.15) is 15.2 Å². The summed E-state index contributed by atoms with van der Waals surface area (Å²) in [7, 11) is 0. The van der Waals surface area contributed by atoms with Crippen molar-refractivity contribution in [3.8, 4) is 6.07 Å². The fourth-order valence-corrected chi connectivity index (χ4v) is 4.04. The zero-order chi connectivity index (χ0) is 15.5. The molecule has 1 aromatic heterocycles. The molecular weight excluding hydrogens is 380 g/mol. The molecule has 6 heteroatoms. The number of carbonyl (C=O) groups excluding carboxylic acids is 1. The van der Waals surface area contributed by atoms with Crippen LogP contribution in [0, 0.1) is 11.3 Å². The molecule has 1 aliphatic rings. The maximum absolute atomic E-state index is 12.6. The van der Waals surface area contributed by atoms with Gasteiger partial charge in [-0.2, -0.15) is 5.26 Å². The highest BCUT2D eigenvalue weighted by Crippen LogP contribution is 2.34. The Labute approximate surface area is 144 Å². The van der Waals surface area contributed by atoms with Crippen LogP contribution in [0.25, 0.3) is 5.70 Å². The third-order valence-corrected chi connectivity index (χ3v) is 5.50. The predicted octanol–water partition coefficient (Wildman–Crippen LogP) is 4.76. The zero-order valence-electron chi connectivity index (χ0n) is 11.2. The largest absolute Gasteiger partial charge is 0.347 e. The SMILES string of the molecule is N#C/C(C(=O)c1ccccc1Br)=C1/NC(c2cccs2)=CS1. The van der Waals surface area contributed by atoms with E-state index in [-0.39, 0.29) is 11.4 Å². The van der Waals surface area contributed by atoms with Gasteiger partial charge in [0.15, 0.2) is 0 Å². The molecule has 2 aromatic rings. The normalized spacial score (nSPS) is 15.7. The highest BCUT2D eigenvalue weighted by Gasteiger charge is 2.23. The number of carbonyl (C=O) groups is 1. The lowest BCUT2D eigenvalue weighted by Gasteiger charge is -2.07. The van der Waals surface area contributed by atoms with Crippen molar-refractivity contribution in [2.45, 2.75) is 0 Å². The molecule has 0 spiro atoms. The summed E-state index contributed by atoms with van der Waals surface area (Å²) in [4.78, 5) is 13.7. The van der Waals surface area contributed by atoms with Gasteiger partial charge in [-0.05, 0) is 23.6 Å². The van der Waals surface area contributed by atoms with Crippen LogP contribution in [0.2, 0.25) is 0 Å². The molecule has 0 amide bonds. The molecule has 0 saturated carbocycles. The van der Waals surface area contributed by atoms with Gasteiger partial charge in [0, 0.05) is 15.4 Å². The van der Waals surface area contributed by atoms with Gasteiger partial charge in [0.2, 0.25) is 5.78 Å². The maximum Gasteiger partial charge on any atom is 0.207 e.